The highest BCUT2D eigenvalue weighted by molar-refractivity contribution is 7.80. The number of para-hydroxylation sites is 1. The van der Waals surface area contributed by atoms with E-state index in [2.05, 4.69) is 10.6 Å². The van der Waals surface area contributed by atoms with Gasteiger partial charge in [0.2, 0.25) is 0 Å². The number of thiocarbonyl (C=S) groups is 1. The summed E-state index contributed by atoms with van der Waals surface area (Å²) in [7, 11) is 0. The van der Waals surface area contributed by atoms with Crippen molar-refractivity contribution in [2.24, 2.45) is 0 Å². The lowest BCUT2D eigenvalue weighted by atomic mass is 9.98. The normalized spacial score (nSPS) is 33.2. The monoisotopic (exact) mass is 354 g/mol. The van der Waals surface area contributed by atoms with Crippen molar-refractivity contribution in [3.05, 3.63) is 30.3 Å². The number of ether oxygens (including phenoxy) is 3. The molecule has 0 amide bonds. The number of rotatable bonds is 3. The maximum atomic E-state index is 10.3. The topological polar surface area (TPSA) is 92.2 Å². The number of anilines is 1. The molecule has 5 atom stereocenters. The molecule has 2 bridgehead atoms. The van der Waals surface area contributed by atoms with Crippen LogP contribution in [0.5, 0.6) is 0 Å². The Bertz CT molecular complexity index is 545. The fourth-order valence-electron chi connectivity index (χ4n) is 2.78. The van der Waals surface area contributed by atoms with Gasteiger partial charge in [0, 0.05) is 18.8 Å². The second-order valence-corrected chi connectivity index (χ2v) is 6.19. The lowest BCUT2D eigenvalue weighted by molar-refractivity contribution is -0.292. The number of fused-ring (bicyclic) bond motifs is 6. The number of hydrogen-bond acceptors (Lipinski definition) is 6. The predicted molar refractivity (Wildman–Crippen MR) is 91.6 cm³/mol. The SMILES string of the molecule is OC1C2OCCCOC(C(CNC(=S)Nc3ccccc3)O2)C1O. The number of aliphatic hydroxyl groups is 2. The van der Waals surface area contributed by atoms with E-state index in [0.29, 0.717) is 31.3 Å². The molecule has 0 spiro atoms. The van der Waals surface area contributed by atoms with E-state index in [4.69, 9.17) is 26.4 Å². The molecule has 3 heterocycles. The van der Waals surface area contributed by atoms with Gasteiger partial charge >= 0.3 is 0 Å². The molecule has 3 aliphatic heterocycles. The molecule has 8 heteroatoms. The van der Waals surface area contributed by atoms with E-state index < -0.39 is 30.7 Å². The van der Waals surface area contributed by atoms with E-state index in [9.17, 15) is 10.2 Å². The van der Waals surface area contributed by atoms with Crippen LogP contribution in [0.15, 0.2) is 30.3 Å². The zero-order valence-corrected chi connectivity index (χ0v) is 13.9. The van der Waals surface area contributed by atoms with E-state index in [1.54, 1.807) is 0 Å². The lowest BCUT2D eigenvalue weighted by Crippen LogP contribution is -2.61. The van der Waals surface area contributed by atoms with Crippen LogP contribution in [0.25, 0.3) is 0 Å². The summed E-state index contributed by atoms with van der Waals surface area (Å²) >= 11 is 5.27. The fourth-order valence-corrected chi connectivity index (χ4v) is 2.98. The number of benzene rings is 1. The average molecular weight is 354 g/mol. The molecule has 0 radical (unpaired) electrons. The third-order valence-corrected chi connectivity index (χ3v) is 4.26. The second-order valence-electron chi connectivity index (χ2n) is 5.78. The molecule has 4 rings (SSSR count). The van der Waals surface area contributed by atoms with E-state index in [1.807, 2.05) is 30.3 Å². The Morgan fingerprint density at radius 1 is 1.12 bits per heavy atom. The van der Waals surface area contributed by atoms with Gasteiger partial charge in [-0.15, -0.1) is 0 Å². The van der Waals surface area contributed by atoms with Crippen LogP contribution < -0.4 is 10.6 Å². The summed E-state index contributed by atoms with van der Waals surface area (Å²) in [6, 6.07) is 9.56. The minimum absolute atomic E-state index is 0.326. The summed E-state index contributed by atoms with van der Waals surface area (Å²) in [5, 5.41) is 26.9. The van der Waals surface area contributed by atoms with Crippen molar-refractivity contribution in [1.29, 1.82) is 0 Å². The molecule has 7 nitrogen and oxygen atoms in total. The Morgan fingerprint density at radius 2 is 1.88 bits per heavy atom. The first-order valence-electron chi connectivity index (χ1n) is 8.00. The Morgan fingerprint density at radius 3 is 2.67 bits per heavy atom. The van der Waals surface area contributed by atoms with Gasteiger partial charge in [-0.25, -0.2) is 0 Å². The summed E-state index contributed by atoms with van der Waals surface area (Å²) in [6.07, 6.45) is -3.49. The lowest BCUT2D eigenvalue weighted by Gasteiger charge is -2.41. The fraction of sp³-hybridized carbons (Fsp3) is 0.562. The largest absolute Gasteiger partial charge is 0.387 e. The van der Waals surface area contributed by atoms with Gasteiger partial charge in [0.05, 0.1) is 6.61 Å². The molecule has 0 aromatic heterocycles. The van der Waals surface area contributed by atoms with Crippen molar-refractivity contribution < 1.29 is 24.4 Å². The summed E-state index contributed by atoms with van der Waals surface area (Å²) in [5.41, 5.74) is 0.877. The van der Waals surface area contributed by atoms with Gasteiger partial charge in [-0.2, -0.15) is 0 Å². The smallest absolute Gasteiger partial charge is 0.186 e. The molecule has 4 N–H and O–H groups in total. The molecule has 3 fully saturated rings. The Labute approximate surface area is 145 Å². The van der Waals surface area contributed by atoms with Crippen LogP contribution in [-0.4, -0.2) is 65.8 Å². The van der Waals surface area contributed by atoms with Crippen molar-refractivity contribution in [3.63, 3.8) is 0 Å². The van der Waals surface area contributed by atoms with Gasteiger partial charge in [0.15, 0.2) is 11.4 Å². The molecular formula is C16H22N2O5S. The highest BCUT2D eigenvalue weighted by Crippen LogP contribution is 2.25. The maximum absolute atomic E-state index is 10.3. The Kier molecular flexibility index (Phi) is 5.99. The highest BCUT2D eigenvalue weighted by Gasteiger charge is 2.46. The Balaban J connectivity index is 1.58. The van der Waals surface area contributed by atoms with Crippen LogP contribution in [-0.2, 0) is 14.2 Å². The average Bonchev–Trinajstić information content (AvgIpc) is 2.73. The van der Waals surface area contributed by atoms with Gasteiger partial charge in [-0.3, -0.25) is 0 Å². The quantitative estimate of drug-likeness (QED) is 0.573. The predicted octanol–water partition coefficient (Wildman–Crippen LogP) is 0.225. The standard InChI is InChI=1S/C16H22N2O5S/c19-12-13(20)15-22-8-4-7-21-14(12)11(23-15)9-17-16(24)18-10-5-2-1-3-6-10/h1-3,5-6,11-15,19-20H,4,7-9H2,(H2,17,18,24). The molecule has 0 saturated carbocycles. The van der Waals surface area contributed by atoms with Gasteiger partial charge in [-0.05, 0) is 30.8 Å². The minimum atomic E-state index is -1.13. The summed E-state index contributed by atoms with van der Waals surface area (Å²) < 4.78 is 16.9. The second kappa shape index (κ2) is 8.19. The molecule has 1 aromatic rings. The Hall–Kier alpha value is -1.29. The van der Waals surface area contributed by atoms with E-state index in [-0.39, 0.29) is 0 Å². The molecule has 3 aliphatic rings. The van der Waals surface area contributed by atoms with Crippen LogP contribution in [0.2, 0.25) is 0 Å². The van der Waals surface area contributed by atoms with Crippen LogP contribution in [0.1, 0.15) is 6.42 Å². The van der Waals surface area contributed by atoms with Crippen LogP contribution >= 0.6 is 12.2 Å². The molecule has 1 aromatic carbocycles. The number of nitrogens with one attached hydrogen (secondary N) is 2. The van der Waals surface area contributed by atoms with Gasteiger partial charge in [0.25, 0.3) is 0 Å². The first kappa shape index (κ1) is 17.5. The van der Waals surface area contributed by atoms with Crippen LogP contribution in [0.3, 0.4) is 0 Å². The van der Waals surface area contributed by atoms with Crippen molar-refractivity contribution in [2.45, 2.75) is 37.1 Å². The van der Waals surface area contributed by atoms with E-state index in [0.717, 1.165) is 5.69 Å². The van der Waals surface area contributed by atoms with E-state index in [1.165, 1.54) is 0 Å². The minimum Gasteiger partial charge on any atom is -0.387 e. The van der Waals surface area contributed by atoms with Crippen molar-refractivity contribution >= 4 is 23.0 Å². The highest BCUT2D eigenvalue weighted by atomic mass is 32.1. The molecular weight excluding hydrogens is 332 g/mol. The van der Waals surface area contributed by atoms with Crippen molar-refractivity contribution in [1.82, 2.24) is 5.32 Å². The number of hydrogen-bond donors (Lipinski definition) is 4. The van der Waals surface area contributed by atoms with E-state index >= 15 is 0 Å². The van der Waals surface area contributed by atoms with Crippen LogP contribution in [0.4, 0.5) is 5.69 Å². The third-order valence-electron chi connectivity index (χ3n) is 4.02. The van der Waals surface area contributed by atoms with Crippen LogP contribution in [0, 0.1) is 0 Å². The van der Waals surface area contributed by atoms with Crippen molar-refractivity contribution in [3.8, 4) is 0 Å². The summed E-state index contributed by atoms with van der Waals surface area (Å²) in [6.45, 7) is 1.18. The third kappa shape index (κ3) is 4.21. The van der Waals surface area contributed by atoms with Gasteiger partial charge < -0.3 is 35.1 Å². The van der Waals surface area contributed by atoms with Gasteiger partial charge in [0.1, 0.15) is 24.4 Å². The number of aliphatic hydroxyl groups excluding tert-OH is 2. The molecule has 24 heavy (non-hydrogen) atoms. The zero-order chi connectivity index (χ0) is 16.9. The maximum Gasteiger partial charge on any atom is 0.186 e. The molecule has 0 aliphatic carbocycles. The first-order valence-corrected chi connectivity index (χ1v) is 8.40. The summed E-state index contributed by atoms with van der Waals surface area (Å²) in [5.74, 6) is 0. The van der Waals surface area contributed by atoms with Gasteiger partial charge in [-0.1, -0.05) is 18.2 Å². The molecule has 5 unspecified atom stereocenters. The van der Waals surface area contributed by atoms with Crippen molar-refractivity contribution in [2.75, 3.05) is 25.1 Å². The molecule has 3 saturated heterocycles. The summed E-state index contributed by atoms with van der Waals surface area (Å²) in [4.78, 5) is 0. The first-order chi connectivity index (χ1) is 11.6. The zero-order valence-electron chi connectivity index (χ0n) is 13.1. The molecule has 132 valence electrons.